The van der Waals surface area contributed by atoms with Crippen LogP contribution in [-0.2, 0) is 21.1 Å². The predicted molar refractivity (Wildman–Crippen MR) is 139 cm³/mol. The number of carbonyl (C=O) groups is 1. The number of aromatic nitrogens is 2. The molecule has 194 valence electrons. The number of hydrogen-bond acceptors (Lipinski definition) is 5. The average Bonchev–Trinajstić information content (AvgIpc) is 3.61. The molecule has 37 heavy (non-hydrogen) atoms. The van der Waals surface area contributed by atoms with E-state index < -0.39 is 9.84 Å². The van der Waals surface area contributed by atoms with Gasteiger partial charge >= 0.3 is 0 Å². The van der Waals surface area contributed by atoms with E-state index in [0.717, 1.165) is 54.5 Å². The Labute approximate surface area is 216 Å². The monoisotopic (exact) mass is 523 g/mol. The van der Waals surface area contributed by atoms with Crippen molar-refractivity contribution in [2.75, 3.05) is 16.4 Å². The second-order valence-electron chi connectivity index (χ2n) is 10.5. The highest BCUT2D eigenvalue weighted by Gasteiger charge is 2.39. The Kier molecular flexibility index (Phi) is 6.06. The van der Waals surface area contributed by atoms with Gasteiger partial charge < -0.3 is 9.64 Å². The Bertz CT molecular complexity index is 1450. The number of amides is 1. The maximum absolute atomic E-state index is 13.6. The summed E-state index contributed by atoms with van der Waals surface area (Å²) in [5.74, 6) is 1.36. The van der Waals surface area contributed by atoms with Crippen molar-refractivity contribution >= 4 is 21.4 Å². The number of carbonyl (C=O) groups excluding carboxylic acids is 1. The van der Waals surface area contributed by atoms with Crippen molar-refractivity contribution in [1.29, 1.82) is 0 Å². The first kappa shape index (κ1) is 24.2. The summed E-state index contributed by atoms with van der Waals surface area (Å²) < 4.78 is 46.1. The van der Waals surface area contributed by atoms with Gasteiger partial charge in [0, 0.05) is 34.8 Å². The molecule has 1 saturated carbocycles. The fraction of sp³-hybridized carbons (Fsp3) is 0.429. The SMILES string of the molecule is CC1CCc2c(ccc(-c3cnn(C4CCCS(=O)(=O)C4)c3)c2Oc2ccc(F)cc2)N1C(=O)C1CC1. The van der Waals surface area contributed by atoms with E-state index in [4.69, 9.17) is 4.74 Å². The highest BCUT2D eigenvalue weighted by molar-refractivity contribution is 7.91. The fourth-order valence-electron chi connectivity index (χ4n) is 5.52. The minimum absolute atomic E-state index is 0.0906. The van der Waals surface area contributed by atoms with E-state index in [9.17, 15) is 17.6 Å². The number of rotatable bonds is 5. The van der Waals surface area contributed by atoms with E-state index in [2.05, 4.69) is 12.0 Å². The summed E-state index contributed by atoms with van der Waals surface area (Å²) in [6, 6.07) is 9.73. The average molecular weight is 524 g/mol. The Balaban J connectivity index is 1.42. The Morgan fingerprint density at radius 3 is 2.59 bits per heavy atom. The van der Waals surface area contributed by atoms with Crippen molar-refractivity contribution < 1.29 is 22.3 Å². The highest BCUT2D eigenvalue weighted by atomic mass is 32.2. The van der Waals surface area contributed by atoms with Crippen LogP contribution in [0.25, 0.3) is 11.1 Å². The van der Waals surface area contributed by atoms with Crippen LogP contribution in [0.5, 0.6) is 11.5 Å². The van der Waals surface area contributed by atoms with Crippen molar-refractivity contribution in [2.45, 2.75) is 57.5 Å². The van der Waals surface area contributed by atoms with Crippen LogP contribution in [0, 0.1) is 11.7 Å². The van der Waals surface area contributed by atoms with Gasteiger partial charge in [-0.2, -0.15) is 5.10 Å². The molecule has 7 nitrogen and oxygen atoms in total. The Morgan fingerprint density at radius 2 is 1.86 bits per heavy atom. The van der Waals surface area contributed by atoms with Gasteiger partial charge in [-0.3, -0.25) is 9.48 Å². The molecule has 0 bridgehead atoms. The number of nitrogens with zero attached hydrogens (tertiary/aromatic N) is 3. The summed E-state index contributed by atoms with van der Waals surface area (Å²) in [7, 11) is -3.08. The van der Waals surface area contributed by atoms with Gasteiger partial charge in [-0.1, -0.05) is 0 Å². The molecule has 0 spiro atoms. The Morgan fingerprint density at radius 1 is 1.08 bits per heavy atom. The van der Waals surface area contributed by atoms with Crippen LogP contribution < -0.4 is 9.64 Å². The third-order valence-electron chi connectivity index (χ3n) is 7.67. The van der Waals surface area contributed by atoms with Gasteiger partial charge in [0.25, 0.3) is 0 Å². The van der Waals surface area contributed by atoms with Crippen LogP contribution in [0.2, 0.25) is 0 Å². The minimum atomic E-state index is -3.08. The summed E-state index contributed by atoms with van der Waals surface area (Å²) in [5, 5.41) is 4.52. The molecular weight excluding hydrogens is 493 g/mol. The molecule has 3 heterocycles. The lowest BCUT2D eigenvalue weighted by atomic mass is 9.92. The van der Waals surface area contributed by atoms with Crippen molar-refractivity contribution in [2.24, 2.45) is 5.92 Å². The zero-order valence-electron chi connectivity index (χ0n) is 20.8. The number of halogens is 1. The molecule has 1 saturated heterocycles. The summed E-state index contributed by atoms with van der Waals surface area (Å²) >= 11 is 0. The molecule has 2 aliphatic heterocycles. The molecule has 3 aromatic rings. The molecule has 1 aliphatic carbocycles. The third-order valence-corrected chi connectivity index (χ3v) is 9.47. The molecule has 2 fully saturated rings. The summed E-state index contributed by atoms with van der Waals surface area (Å²) in [6.07, 6.45) is 8.43. The number of benzene rings is 2. The number of sulfone groups is 1. The van der Waals surface area contributed by atoms with E-state index in [1.165, 1.54) is 12.1 Å². The molecule has 2 atom stereocenters. The molecule has 6 rings (SSSR count). The van der Waals surface area contributed by atoms with Gasteiger partial charge in [0.15, 0.2) is 9.84 Å². The van der Waals surface area contributed by atoms with Gasteiger partial charge in [0.1, 0.15) is 17.3 Å². The molecule has 1 amide bonds. The van der Waals surface area contributed by atoms with Crippen LogP contribution in [0.4, 0.5) is 10.1 Å². The highest BCUT2D eigenvalue weighted by Crippen LogP contribution is 2.46. The predicted octanol–water partition coefficient (Wildman–Crippen LogP) is 5.31. The molecule has 2 unspecified atom stereocenters. The smallest absolute Gasteiger partial charge is 0.230 e. The van der Waals surface area contributed by atoms with E-state index >= 15 is 0 Å². The minimum Gasteiger partial charge on any atom is -0.456 e. The second-order valence-corrected chi connectivity index (χ2v) is 12.7. The van der Waals surface area contributed by atoms with Crippen LogP contribution in [0.3, 0.4) is 0 Å². The van der Waals surface area contributed by atoms with Gasteiger partial charge in [-0.15, -0.1) is 0 Å². The summed E-state index contributed by atoms with van der Waals surface area (Å²) in [4.78, 5) is 15.1. The van der Waals surface area contributed by atoms with Gasteiger partial charge in [0.05, 0.1) is 29.4 Å². The van der Waals surface area contributed by atoms with Crippen molar-refractivity contribution in [3.8, 4) is 22.6 Å². The lowest BCUT2D eigenvalue weighted by Crippen LogP contribution is -2.43. The number of hydrogen-bond donors (Lipinski definition) is 0. The van der Waals surface area contributed by atoms with E-state index in [1.54, 1.807) is 23.0 Å². The fourth-order valence-corrected chi connectivity index (χ4v) is 7.19. The zero-order valence-corrected chi connectivity index (χ0v) is 21.6. The van der Waals surface area contributed by atoms with Crippen LogP contribution in [-0.4, -0.2) is 41.7 Å². The lowest BCUT2D eigenvalue weighted by molar-refractivity contribution is -0.120. The van der Waals surface area contributed by atoms with Gasteiger partial charge in [-0.05, 0) is 81.8 Å². The Hall–Kier alpha value is -3.20. The molecular formula is C28H30FN3O4S. The molecule has 9 heteroatoms. The first-order chi connectivity index (χ1) is 17.8. The number of anilines is 1. The second kappa shape index (κ2) is 9.28. The number of ether oxygens (including phenoxy) is 1. The van der Waals surface area contributed by atoms with Crippen LogP contribution in [0.15, 0.2) is 48.8 Å². The maximum Gasteiger partial charge on any atom is 0.230 e. The molecule has 0 radical (unpaired) electrons. The molecule has 2 aromatic carbocycles. The van der Waals surface area contributed by atoms with Crippen LogP contribution in [0.1, 0.15) is 50.6 Å². The van der Waals surface area contributed by atoms with E-state index in [-0.39, 0.29) is 41.2 Å². The maximum atomic E-state index is 13.6. The first-order valence-electron chi connectivity index (χ1n) is 13.0. The largest absolute Gasteiger partial charge is 0.456 e. The topological polar surface area (TPSA) is 81.5 Å². The summed E-state index contributed by atoms with van der Waals surface area (Å²) in [6.45, 7) is 2.08. The van der Waals surface area contributed by atoms with Gasteiger partial charge in [0.2, 0.25) is 5.91 Å². The van der Waals surface area contributed by atoms with Crippen molar-refractivity contribution in [3.05, 3.63) is 60.2 Å². The third kappa shape index (κ3) is 4.77. The molecule has 0 N–H and O–H groups in total. The first-order valence-corrected chi connectivity index (χ1v) is 14.8. The van der Waals surface area contributed by atoms with Crippen molar-refractivity contribution in [1.82, 2.24) is 9.78 Å². The summed E-state index contributed by atoms with van der Waals surface area (Å²) in [5.41, 5.74) is 3.42. The number of fused-ring (bicyclic) bond motifs is 1. The normalized spacial score (nSPS) is 22.9. The van der Waals surface area contributed by atoms with E-state index in [1.807, 2.05) is 23.2 Å². The van der Waals surface area contributed by atoms with Gasteiger partial charge in [-0.25, -0.2) is 12.8 Å². The lowest BCUT2D eigenvalue weighted by Gasteiger charge is -2.36. The molecule has 3 aliphatic rings. The van der Waals surface area contributed by atoms with Crippen molar-refractivity contribution in [3.63, 3.8) is 0 Å². The quantitative estimate of drug-likeness (QED) is 0.453. The van der Waals surface area contributed by atoms with Crippen LogP contribution >= 0.6 is 0 Å². The van der Waals surface area contributed by atoms with E-state index in [0.29, 0.717) is 17.9 Å². The standard InChI is InChI=1S/C28H30FN3O4S/c1-18-4-11-25-26(32(18)28(33)19-5-6-19)13-12-24(27(25)36-23-9-7-21(29)8-10-23)20-15-30-31(16-20)22-3-2-14-37(34,35)17-22/h7-10,12-13,15-16,18-19,22H,2-6,11,14,17H2,1H3. The zero-order chi connectivity index (χ0) is 25.7. The molecule has 1 aromatic heterocycles.